The molecule has 1 aromatic rings. The van der Waals surface area contributed by atoms with Crippen LogP contribution in [0.3, 0.4) is 0 Å². The van der Waals surface area contributed by atoms with Gasteiger partial charge in [-0.3, -0.25) is 4.98 Å². The maximum atomic E-state index is 5.30. The summed E-state index contributed by atoms with van der Waals surface area (Å²) in [5.74, 6) is 6.63. The number of nitrogen functional groups attached to an aromatic ring is 1. The highest BCUT2D eigenvalue weighted by molar-refractivity contribution is 5.41. The van der Waals surface area contributed by atoms with Gasteiger partial charge in [0.2, 0.25) is 0 Å². The largest absolute Gasteiger partial charge is 0.367 e. The lowest BCUT2D eigenvalue weighted by molar-refractivity contribution is 0.0738. The molecule has 1 fully saturated rings. The number of hydrogen-bond donors (Lipinski definition) is 3. The average Bonchev–Trinajstić information content (AvgIpc) is 2.27. The number of likely N-dealkylation sites (N-methyl/N-ethyl adjacent to an activating group) is 1. The number of aromatic nitrogens is 2. The van der Waals surface area contributed by atoms with Gasteiger partial charge in [0.1, 0.15) is 5.82 Å². The SMILES string of the molecule is CN(C)C1(CNc2cncc(NN)n2)CCC1. The number of anilines is 2. The fraction of sp³-hybridized carbons (Fsp3) is 0.636. The Balaban J connectivity index is 1.97. The molecule has 1 aliphatic carbocycles. The van der Waals surface area contributed by atoms with E-state index >= 15 is 0 Å². The van der Waals surface area contributed by atoms with Gasteiger partial charge in [0.05, 0.1) is 12.4 Å². The molecule has 0 saturated heterocycles. The third-order valence-corrected chi connectivity index (χ3v) is 3.61. The predicted octanol–water partition coefficient (Wildman–Crippen LogP) is 0.658. The standard InChI is InChI=1S/C11H20N6/c1-17(2)11(4-3-5-11)8-14-9-6-13-7-10(15-9)16-12/h6-7H,3-5,8,12H2,1-2H3,(H2,14,15,16). The van der Waals surface area contributed by atoms with Crippen molar-refractivity contribution in [1.29, 1.82) is 0 Å². The maximum Gasteiger partial charge on any atom is 0.160 e. The summed E-state index contributed by atoms with van der Waals surface area (Å²) in [4.78, 5) is 10.6. The Hall–Kier alpha value is -1.40. The molecule has 0 atom stereocenters. The van der Waals surface area contributed by atoms with Crippen LogP contribution in [0.15, 0.2) is 12.4 Å². The molecule has 17 heavy (non-hydrogen) atoms. The monoisotopic (exact) mass is 236 g/mol. The predicted molar refractivity (Wildman–Crippen MR) is 68.6 cm³/mol. The van der Waals surface area contributed by atoms with Crippen LogP contribution in [0, 0.1) is 0 Å². The summed E-state index contributed by atoms with van der Waals surface area (Å²) < 4.78 is 0. The Morgan fingerprint density at radius 2 is 2.06 bits per heavy atom. The topological polar surface area (TPSA) is 79.1 Å². The van der Waals surface area contributed by atoms with Crippen LogP contribution >= 0.6 is 0 Å². The lowest BCUT2D eigenvalue weighted by Gasteiger charge is -2.47. The van der Waals surface area contributed by atoms with Crippen molar-refractivity contribution in [2.75, 3.05) is 31.4 Å². The van der Waals surface area contributed by atoms with Crippen LogP contribution in [0.25, 0.3) is 0 Å². The third kappa shape index (κ3) is 2.48. The maximum absolute atomic E-state index is 5.30. The van der Waals surface area contributed by atoms with Gasteiger partial charge in [-0.1, -0.05) is 0 Å². The molecule has 2 rings (SSSR count). The molecule has 94 valence electrons. The second-order valence-electron chi connectivity index (χ2n) is 4.76. The lowest BCUT2D eigenvalue weighted by atomic mass is 9.75. The summed E-state index contributed by atoms with van der Waals surface area (Å²) in [6, 6.07) is 0. The zero-order chi connectivity index (χ0) is 12.3. The summed E-state index contributed by atoms with van der Waals surface area (Å²) in [5.41, 5.74) is 2.76. The van der Waals surface area contributed by atoms with Gasteiger partial charge in [0.15, 0.2) is 5.82 Å². The molecule has 1 saturated carbocycles. The van der Waals surface area contributed by atoms with Gasteiger partial charge in [0, 0.05) is 12.1 Å². The summed E-state index contributed by atoms with van der Waals surface area (Å²) in [7, 11) is 4.26. The molecule has 0 aromatic carbocycles. The molecule has 0 unspecified atom stereocenters. The highest BCUT2D eigenvalue weighted by atomic mass is 15.3. The van der Waals surface area contributed by atoms with Crippen molar-refractivity contribution in [3.63, 3.8) is 0 Å². The van der Waals surface area contributed by atoms with E-state index in [0.29, 0.717) is 5.82 Å². The first-order valence-corrected chi connectivity index (χ1v) is 5.86. The molecule has 6 heteroatoms. The second kappa shape index (κ2) is 4.85. The van der Waals surface area contributed by atoms with E-state index in [1.807, 2.05) is 0 Å². The summed E-state index contributed by atoms with van der Waals surface area (Å²) in [5, 5.41) is 3.33. The molecule has 0 spiro atoms. The molecular weight excluding hydrogens is 216 g/mol. The van der Waals surface area contributed by atoms with Gasteiger partial charge in [-0.15, -0.1) is 0 Å². The molecule has 6 nitrogen and oxygen atoms in total. The quantitative estimate of drug-likeness (QED) is 0.515. The lowest BCUT2D eigenvalue weighted by Crippen LogP contribution is -2.54. The normalized spacial score (nSPS) is 17.6. The van der Waals surface area contributed by atoms with Crippen LogP contribution in [-0.2, 0) is 0 Å². The molecule has 4 N–H and O–H groups in total. The van der Waals surface area contributed by atoms with Gasteiger partial charge in [0.25, 0.3) is 0 Å². The van der Waals surface area contributed by atoms with Gasteiger partial charge in [-0.25, -0.2) is 10.8 Å². The second-order valence-corrected chi connectivity index (χ2v) is 4.76. The smallest absolute Gasteiger partial charge is 0.160 e. The van der Waals surface area contributed by atoms with Crippen LogP contribution < -0.4 is 16.6 Å². The molecule has 0 bridgehead atoms. The average molecular weight is 236 g/mol. The Morgan fingerprint density at radius 1 is 1.35 bits per heavy atom. The molecule has 0 radical (unpaired) electrons. The van der Waals surface area contributed by atoms with Crippen LogP contribution in [-0.4, -0.2) is 41.0 Å². The van der Waals surface area contributed by atoms with Crippen molar-refractivity contribution in [2.24, 2.45) is 5.84 Å². The van der Waals surface area contributed by atoms with Crippen LogP contribution in [0.5, 0.6) is 0 Å². The minimum absolute atomic E-state index is 0.272. The number of rotatable bonds is 5. The number of nitrogens with one attached hydrogen (secondary N) is 2. The van der Waals surface area contributed by atoms with Crippen LogP contribution in [0.2, 0.25) is 0 Å². The van der Waals surface area contributed by atoms with Crippen molar-refractivity contribution in [3.05, 3.63) is 12.4 Å². The fourth-order valence-corrected chi connectivity index (χ4v) is 2.14. The van der Waals surface area contributed by atoms with Gasteiger partial charge in [-0.2, -0.15) is 0 Å². The highest BCUT2D eigenvalue weighted by Crippen LogP contribution is 2.36. The van der Waals surface area contributed by atoms with E-state index in [4.69, 9.17) is 5.84 Å². The Morgan fingerprint density at radius 3 is 2.59 bits per heavy atom. The van der Waals surface area contributed by atoms with Crippen molar-refractivity contribution < 1.29 is 0 Å². The molecule has 1 aliphatic rings. The number of hydrazine groups is 1. The number of nitrogens with two attached hydrogens (primary N) is 1. The molecular formula is C11H20N6. The van der Waals surface area contributed by atoms with Crippen molar-refractivity contribution in [3.8, 4) is 0 Å². The Bertz CT molecular complexity index is 374. The molecule has 0 amide bonds. The zero-order valence-electron chi connectivity index (χ0n) is 10.4. The number of nitrogens with zero attached hydrogens (tertiary/aromatic N) is 3. The van der Waals surface area contributed by atoms with Crippen LogP contribution in [0.1, 0.15) is 19.3 Å². The van der Waals surface area contributed by atoms with Gasteiger partial charge < -0.3 is 15.6 Å². The summed E-state index contributed by atoms with van der Waals surface area (Å²) >= 11 is 0. The van der Waals surface area contributed by atoms with Crippen molar-refractivity contribution >= 4 is 11.6 Å². The summed E-state index contributed by atoms with van der Waals surface area (Å²) in [6.45, 7) is 0.892. The summed E-state index contributed by atoms with van der Waals surface area (Å²) in [6.07, 6.45) is 7.07. The molecule has 0 aliphatic heterocycles. The Kier molecular flexibility index (Phi) is 3.44. The first-order valence-electron chi connectivity index (χ1n) is 5.86. The molecule has 1 aromatic heterocycles. The minimum atomic E-state index is 0.272. The number of hydrogen-bond acceptors (Lipinski definition) is 6. The van der Waals surface area contributed by atoms with E-state index in [-0.39, 0.29) is 5.54 Å². The van der Waals surface area contributed by atoms with E-state index in [9.17, 15) is 0 Å². The first-order chi connectivity index (χ1) is 8.16. The van der Waals surface area contributed by atoms with Crippen molar-refractivity contribution in [2.45, 2.75) is 24.8 Å². The third-order valence-electron chi connectivity index (χ3n) is 3.61. The zero-order valence-corrected chi connectivity index (χ0v) is 10.4. The van der Waals surface area contributed by atoms with Gasteiger partial charge in [-0.05, 0) is 33.4 Å². The van der Waals surface area contributed by atoms with E-state index < -0.39 is 0 Å². The van der Waals surface area contributed by atoms with Gasteiger partial charge >= 0.3 is 0 Å². The van der Waals surface area contributed by atoms with E-state index in [1.165, 1.54) is 19.3 Å². The Labute approximate surface area is 102 Å². The molecule has 1 heterocycles. The van der Waals surface area contributed by atoms with E-state index in [2.05, 4.69) is 39.7 Å². The van der Waals surface area contributed by atoms with Crippen LogP contribution in [0.4, 0.5) is 11.6 Å². The van der Waals surface area contributed by atoms with Crippen molar-refractivity contribution in [1.82, 2.24) is 14.9 Å². The first kappa shape index (κ1) is 12.1. The van der Waals surface area contributed by atoms with E-state index in [1.54, 1.807) is 12.4 Å². The highest BCUT2D eigenvalue weighted by Gasteiger charge is 2.38. The fourth-order valence-electron chi connectivity index (χ4n) is 2.14. The van der Waals surface area contributed by atoms with E-state index in [0.717, 1.165) is 12.4 Å². The minimum Gasteiger partial charge on any atom is -0.367 e.